The van der Waals surface area contributed by atoms with Crippen LogP contribution in [0.1, 0.15) is 26.7 Å². The van der Waals surface area contributed by atoms with Gasteiger partial charge in [-0.05, 0) is 30.4 Å². The molecule has 2 N–H and O–H groups in total. The monoisotopic (exact) mass is 249 g/mol. The second-order valence-corrected chi connectivity index (χ2v) is 5.65. The Morgan fingerprint density at radius 2 is 1.94 bits per heavy atom. The van der Waals surface area contributed by atoms with Crippen molar-refractivity contribution in [2.75, 3.05) is 23.7 Å². The highest BCUT2D eigenvalue weighted by Gasteiger charge is 2.26. The van der Waals surface area contributed by atoms with Gasteiger partial charge < -0.3 is 10.6 Å². The molecule has 5 nitrogen and oxygen atoms in total. The molecule has 0 radical (unpaired) electrons. The molecule has 2 rings (SSSR count). The van der Waals surface area contributed by atoms with Crippen LogP contribution in [0.4, 0.5) is 17.1 Å². The van der Waals surface area contributed by atoms with E-state index < -0.39 is 4.92 Å². The molecule has 1 aromatic carbocycles. The fraction of sp³-hybridized carbons (Fsp3) is 0.538. The van der Waals surface area contributed by atoms with Crippen LogP contribution in [0.2, 0.25) is 0 Å². The van der Waals surface area contributed by atoms with Crippen LogP contribution in [-0.4, -0.2) is 18.0 Å². The van der Waals surface area contributed by atoms with Crippen LogP contribution in [0.3, 0.4) is 0 Å². The van der Waals surface area contributed by atoms with Gasteiger partial charge in [0.25, 0.3) is 5.69 Å². The van der Waals surface area contributed by atoms with Crippen molar-refractivity contribution >= 4 is 17.1 Å². The lowest BCUT2D eigenvalue weighted by Gasteiger charge is -2.38. The Balaban J connectivity index is 2.16. The molecule has 1 saturated heterocycles. The lowest BCUT2D eigenvalue weighted by atomic mass is 9.82. The number of nitrogen functional groups attached to an aromatic ring is 1. The van der Waals surface area contributed by atoms with E-state index in [1.165, 1.54) is 6.07 Å². The first-order chi connectivity index (χ1) is 8.39. The number of nitro benzene ring substituents is 1. The summed E-state index contributed by atoms with van der Waals surface area (Å²) in [5, 5.41) is 10.7. The van der Waals surface area contributed by atoms with Gasteiger partial charge in [-0.25, -0.2) is 0 Å². The van der Waals surface area contributed by atoms with E-state index in [0.717, 1.165) is 31.6 Å². The highest BCUT2D eigenvalue weighted by Crippen LogP contribution is 2.34. The average Bonchev–Trinajstić information content (AvgIpc) is 2.28. The van der Waals surface area contributed by atoms with E-state index in [2.05, 4.69) is 18.7 Å². The minimum Gasteiger partial charge on any atom is -0.393 e. The summed E-state index contributed by atoms with van der Waals surface area (Å²) in [6.45, 7) is 6.50. The van der Waals surface area contributed by atoms with Crippen molar-refractivity contribution in [1.82, 2.24) is 0 Å². The number of rotatable bonds is 2. The summed E-state index contributed by atoms with van der Waals surface area (Å²) in [4.78, 5) is 12.5. The van der Waals surface area contributed by atoms with Gasteiger partial charge in [-0.15, -0.1) is 0 Å². The molecule has 0 saturated carbocycles. The van der Waals surface area contributed by atoms with Crippen molar-refractivity contribution < 1.29 is 4.92 Å². The summed E-state index contributed by atoms with van der Waals surface area (Å²) in [7, 11) is 0. The van der Waals surface area contributed by atoms with E-state index in [4.69, 9.17) is 5.73 Å². The minimum atomic E-state index is -0.446. The molecule has 0 spiro atoms. The summed E-state index contributed by atoms with van der Waals surface area (Å²) in [5.41, 5.74) is 7.31. The zero-order valence-corrected chi connectivity index (χ0v) is 10.8. The number of nitro groups is 1. The SMILES string of the molecule is CC1(C)CCN(c2ccc([N+](=O)[O-])c(N)c2)CC1. The Morgan fingerprint density at radius 1 is 1.33 bits per heavy atom. The molecule has 18 heavy (non-hydrogen) atoms. The number of nitrogens with two attached hydrogens (primary N) is 1. The van der Waals surface area contributed by atoms with Gasteiger partial charge in [0.15, 0.2) is 0 Å². The van der Waals surface area contributed by atoms with E-state index in [1.807, 2.05) is 0 Å². The molecule has 0 aliphatic carbocycles. The van der Waals surface area contributed by atoms with Crippen molar-refractivity contribution in [3.63, 3.8) is 0 Å². The smallest absolute Gasteiger partial charge is 0.292 e. The maximum absolute atomic E-state index is 10.7. The molecule has 0 amide bonds. The lowest BCUT2D eigenvalue weighted by molar-refractivity contribution is -0.383. The van der Waals surface area contributed by atoms with Crippen LogP contribution in [0, 0.1) is 15.5 Å². The maximum Gasteiger partial charge on any atom is 0.292 e. The van der Waals surface area contributed by atoms with Gasteiger partial charge in [0, 0.05) is 24.8 Å². The van der Waals surface area contributed by atoms with Crippen molar-refractivity contribution in [2.24, 2.45) is 5.41 Å². The van der Waals surface area contributed by atoms with Gasteiger partial charge in [0.05, 0.1) is 4.92 Å². The summed E-state index contributed by atoms with van der Waals surface area (Å²) >= 11 is 0. The number of hydrogen-bond acceptors (Lipinski definition) is 4. The Labute approximate surface area is 107 Å². The average molecular weight is 249 g/mol. The van der Waals surface area contributed by atoms with Gasteiger partial charge in [-0.1, -0.05) is 13.8 Å². The standard InChI is InChI=1S/C13H19N3O2/c1-13(2)5-7-15(8-6-13)10-3-4-12(16(17)18)11(14)9-10/h3-4,9H,5-8,14H2,1-2H3. The van der Waals surface area contributed by atoms with E-state index >= 15 is 0 Å². The third-order valence-electron chi connectivity index (χ3n) is 3.69. The highest BCUT2D eigenvalue weighted by atomic mass is 16.6. The Bertz CT molecular complexity index is 461. The first-order valence-electron chi connectivity index (χ1n) is 6.18. The first-order valence-corrected chi connectivity index (χ1v) is 6.18. The maximum atomic E-state index is 10.7. The predicted molar refractivity (Wildman–Crippen MR) is 72.7 cm³/mol. The van der Waals surface area contributed by atoms with Gasteiger partial charge in [-0.3, -0.25) is 10.1 Å². The molecule has 1 aliphatic heterocycles. The van der Waals surface area contributed by atoms with Gasteiger partial charge in [-0.2, -0.15) is 0 Å². The van der Waals surface area contributed by atoms with E-state index in [0.29, 0.717) is 5.41 Å². The highest BCUT2D eigenvalue weighted by molar-refractivity contribution is 5.66. The summed E-state index contributed by atoms with van der Waals surface area (Å²) in [6, 6.07) is 4.98. The molecule has 5 heteroatoms. The van der Waals surface area contributed by atoms with Crippen molar-refractivity contribution in [3.05, 3.63) is 28.3 Å². The van der Waals surface area contributed by atoms with Gasteiger partial charge in [0.1, 0.15) is 5.69 Å². The Kier molecular flexibility index (Phi) is 3.15. The molecule has 98 valence electrons. The second kappa shape index (κ2) is 4.48. The molecule has 1 heterocycles. The molecule has 0 atom stereocenters. The molecule has 0 aromatic heterocycles. The fourth-order valence-corrected chi connectivity index (χ4v) is 2.28. The third-order valence-corrected chi connectivity index (χ3v) is 3.69. The van der Waals surface area contributed by atoms with E-state index in [9.17, 15) is 10.1 Å². The van der Waals surface area contributed by atoms with Crippen LogP contribution >= 0.6 is 0 Å². The van der Waals surface area contributed by atoms with Gasteiger partial charge in [0.2, 0.25) is 0 Å². The third kappa shape index (κ3) is 2.55. The molecule has 0 bridgehead atoms. The number of nitrogens with zero attached hydrogens (tertiary/aromatic N) is 2. The fourth-order valence-electron chi connectivity index (χ4n) is 2.28. The van der Waals surface area contributed by atoms with Crippen molar-refractivity contribution in [1.29, 1.82) is 0 Å². The van der Waals surface area contributed by atoms with Crippen LogP contribution in [-0.2, 0) is 0 Å². The topological polar surface area (TPSA) is 72.4 Å². The molecule has 1 aromatic rings. The summed E-state index contributed by atoms with van der Waals surface area (Å²) in [6.07, 6.45) is 2.26. The number of anilines is 2. The molecule has 0 unspecified atom stereocenters. The van der Waals surface area contributed by atoms with Gasteiger partial charge >= 0.3 is 0 Å². The van der Waals surface area contributed by atoms with Crippen molar-refractivity contribution in [2.45, 2.75) is 26.7 Å². The second-order valence-electron chi connectivity index (χ2n) is 5.65. The number of hydrogen-bond donors (Lipinski definition) is 1. The van der Waals surface area contributed by atoms with E-state index in [-0.39, 0.29) is 11.4 Å². The zero-order valence-electron chi connectivity index (χ0n) is 10.8. The molecule has 1 aliphatic rings. The molecule has 1 fully saturated rings. The first kappa shape index (κ1) is 12.7. The number of piperidine rings is 1. The van der Waals surface area contributed by atoms with Crippen LogP contribution in [0.25, 0.3) is 0 Å². The lowest BCUT2D eigenvalue weighted by Crippen LogP contribution is -2.37. The zero-order chi connectivity index (χ0) is 13.3. The van der Waals surface area contributed by atoms with Crippen LogP contribution in [0.15, 0.2) is 18.2 Å². The normalized spacial score (nSPS) is 18.7. The predicted octanol–water partition coefficient (Wildman–Crippen LogP) is 2.80. The van der Waals surface area contributed by atoms with Crippen molar-refractivity contribution in [3.8, 4) is 0 Å². The minimum absolute atomic E-state index is 0.0175. The summed E-state index contributed by atoms with van der Waals surface area (Å²) in [5.74, 6) is 0. The number of benzene rings is 1. The summed E-state index contributed by atoms with van der Waals surface area (Å²) < 4.78 is 0. The Hall–Kier alpha value is -1.78. The van der Waals surface area contributed by atoms with E-state index in [1.54, 1.807) is 12.1 Å². The molecular formula is C13H19N3O2. The quantitative estimate of drug-likeness (QED) is 0.497. The Morgan fingerprint density at radius 3 is 2.44 bits per heavy atom. The molecular weight excluding hydrogens is 230 g/mol. The van der Waals surface area contributed by atoms with Crippen LogP contribution in [0.5, 0.6) is 0 Å². The van der Waals surface area contributed by atoms with Crippen LogP contribution < -0.4 is 10.6 Å². The largest absolute Gasteiger partial charge is 0.393 e.